The zero-order valence-electron chi connectivity index (χ0n) is 11.9. The van der Waals surface area contributed by atoms with Crippen LogP contribution in [0.1, 0.15) is 0 Å². The summed E-state index contributed by atoms with van der Waals surface area (Å²) in [4.78, 5) is 13.7. The van der Waals surface area contributed by atoms with Gasteiger partial charge in [0.25, 0.3) is 5.91 Å². The van der Waals surface area contributed by atoms with Gasteiger partial charge in [0, 0.05) is 18.5 Å². The number of fused-ring (bicyclic) bond motifs is 1. The summed E-state index contributed by atoms with van der Waals surface area (Å²) in [6, 6.07) is 13.8. The molecule has 0 aliphatic rings. The molecule has 0 spiro atoms. The molecule has 20 heavy (non-hydrogen) atoms. The number of carbonyl (C=O) groups is 1. The first-order chi connectivity index (χ1) is 9.66. The largest absolute Gasteiger partial charge is 0.483 e. The van der Waals surface area contributed by atoms with Crippen LogP contribution in [0.5, 0.6) is 5.75 Å². The molecule has 0 bridgehead atoms. The molecule has 0 aliphatic heterocycles. The number of amides is 1. The van der Waals surface area contributed by atoms with Crippen LogP contribution < -0.4 is 10.1 Å². The van der Waals surface area contributed by atoms with E-state index in [1.165, 1.54) is 0 Å². The summed E-state index contributed by atoms with van der Waals surface area (Å²) in [6.45, 7) is 1.49. The highest BCUT2D eigenvalue weighted by atomic mass is 16.5. The van der Waals surface area contributed by atoms with Gasteiger partial charge in [-0.25, -0.2) is 0 Å². The molecule has 1 amide bonds. The standard InChI is InChI=1S/C16H20N2O2/c1-18(2)11-10-17-16(19)12-20-15-9-5-7-13-6-3-4-8-14(13)15/h3-9H,10-12H2,1-2H3,(H,17,19). The van der Waals surface area contributed by atoms with Gasteiger partial charge in [0.05, 0.1) is 0 Å². The van der Waals surface area contributed by atoms with Gasteiger partial charge in [-0.1, -0.05) is 36.4 Å². The number of hydrogen-bond donors (Lipinski definition) is 1. The summed E-state index contributed by atoms with van der Waals surface area (Å²) < 4.78 is 5.61. The van der Waals surface area contributed by atoms with Crippen molar-refractivity contribution in [3.63, 3.8) is 0 Å². The zero-order valence-corrected chi connectivity index (χ0v) is 11.9. The number of hydrogen-bond acceptors (Lipinski definition) is 3. The van der Waals surface area contributed by atoms with E-state index >= 15 is 0 Å². The molecule has 2 rings (SSSR count). The minimum Gasteiger partial charge on any atom is -0.483 e. The van der Waals surface area contributed by atoms with Crippen LogP contribution in [-0.4, -0.2) is 44.6 Å². The lowest BCUT2D eigenvalue weighted by atomic mass is 10.1. The second-order valence-electron chi connectivity index (χ2n) is 4.92. The van der Waals surface area contributed by atoms with Gasteiger partial charge in [-0.2, -0.15) is 0 Å². The van der Waals surface area contributed by atoms with Gasteiger partial charge in [0.15, 0.2) is 6.61 Å². The number of likely N-dealkylation sites (N-methyl/N-ethyl adjacent to an activating group) is 1. The van der Waals surface area contributed by atoms with Crippen molar-refractivity contribution >= 4 is 16.7 Å². The minimum absolute atomic E-state index is 0.0431. The van der Waals surface area contributed by atoms with E-state index in [-0.39, 0.29) is 12.5 Å². The SMILES string of the molecule is CN(C)CCNC(=O)COc1cccc2ccccc12. The number of nitrogens with zero attached hydrogens (tertiary/aromatic N) is 1. The van der Waals surface area contributed by atoms with Crippen LogP contribution in [0.3, 0.4) is 0 Å². The summed E-state index contributed by atoms with van der Waals surface area (Å²) in [6.07, 6.45) is 0. The smallest absolute Gasteiger partial charge is 0.257 e. The average molecular weight is 272 g/mol. The summed E-state index contributed by atoms with van der Waals surface area (Å²) in [5.41, 5.74) is 0. The molecule has 2 aromatic rings. The molecule has 4 nitrogen and oxygen atoms in total. The van der Waals surface area contributed by atoms with Crippen molar-refractivity contribution in [2.75, 3.05) is 33.8 Å². The third-order valence-electron chi connectivity index (χ3n) is 2.99. The van der Waals surface area contributed by atoms with E-state index in [4.69, 9.17) is 4.74 Å². The highest BCUT2D eigenvalue weighted by molar-refractivity contribution is 5.88. The Morgan fingerprint density at radius 2 is 1.90 bits per heavy atom. The summed E-state index contributed by atoms with van der Waals surface area (Å²) >= 11 is 0. The van der Waals surface area contributed by atoms with Crippen molar-refractivity contribution < 1.29 is 9.53 Å². The number of benzene rings is 2. The fourth-order valence-electron chi connectivity index (χ4n) is 1.93. The van der Waals surface area contributed by atoms with E-state index in [2.05, 4.69) is 5.32 Å². The molecule has 2 aromatic carbocycles. The van der Waals surface area contributed by atoms with Crippen molar-refractivity contribution in [2.24, 2.45) is 0 Å². The Morgan fingerprint density at radius 1 is 1.15 bits per heavy atom. The van der Waals surface area contributed by atoms with Crippen LogP contribution in [0, 0.1) is 0 Å². The van der Waals surface area contributed by atoms with E-state index < -0.39 is 0 Å². The van der Waals surface area contributed by atoms with Crippen molar-refractivity contribution in [3.8, 4) is 5.75 Å². The molecule has 0 heterocycles. The van der Waals surface area contributed by atoms with Gasteiger partial charge >= 0.3 is 0 Å². The Balaban J connectivity index is 1.91. The predicted octanol–water partition coefficient (Wildman–Crippen LogP) is 1.90. The van der Waals surface area contributed by atoms with Crippen LogP contribution in [0.2, 0.25) is 0 Å². The topological polar surface area (TPSA) is 41.6 Å². The average Bonchev–Trinajstić information content (AvgIpc) is 2.44. The maximum absolute atomic E-state index is 11.7. The van der Waals surface area contributed by atoms with E-state index in [1.54, 1.807) is 0 Å². The van der Waals surface area contributed by atoms with Gasteiger partial charge in [0.1, 0.15) is 5.75 Å². The second kappa shape index (κ2) is 6.91. The molecule has 0 saturated carbocycles. The first-order valence-electron chi connectivity index (χ1n) is 6.69. The fraction of sp³-hybridized carbons (Fsp3) is 0.312. The van der Waals surface area contributed by atoms with E-state index in [0.29, 0.717) is 6.54 Å². The molecule has 0 atom stereocenters. The van der Waals surface area contributed by atoms with Crippen LogP contribution in [0.4, 0.5) is 0 Å². The summed E-state index contributed by atoms with van der Waals surface area (Å²) in [5.74, 6) is 0.644. The summed E-state index contributed by atoms with van der Waals surface area (Å²) in [5, 5.41) is 4.96. The molecule has 0 saturated heterocycles. The quantitative estimate of drug-likeness (QED) is 0.873. The molecular formula is C16H20N2O2. The Labute approximate surface area is 119 Å². The molecule has 4 heteroatoms. The van der Waals surface area contributed by atoms with Crippen LogP contribution in [0.15, 0.2) is 42.5 Å². The van der Waals surface area contributed by atoms with Crippen molar-refractivity contribution in [3.05, 3.63) is 42.5 Å². The molecule has 0 fully saturated rings. The lowest BCUT2D eigenvalue weighted by molar-refractivity contribution is -0.123. The lowest BCUT2D eigenvalue weighted by Gasteiger charge is -2.12. The highest BCUT2D eigenvalue weighted by Crippen LogP contribution is 2.24. The Kier molecular flexibility index (Phi) is 4.96. The number of ether oxygens (including phenoxy) is 1. The van der Waals surface area contributed by atoms with Crippen molar-refractivity contribution in [2.45, 2.75) is 0 Å². The number of carbonyl (C=O) groups excluding carboxylic acids is 1. The first kappa shape index (κ1) is 14.3. The minimum atomic E-state index is -0.0974. The molecule has 106 valence electrons. The van der Waals surface area contributed by atoms with Crippen molar-refractivity contribution in [1.82, 2.24) is 10.2 Å². The first-order valence-corrected chi connectivity index (χ1v) is 6.69. The van der Waals surface area contributed by atoms with E-state index in [1.807, 2.05) is 61.5 Å². The monoisotopic (exact) mass is 272 g/mol. The van der Waals surface area contributed by atoms with Crippen molar-refractivity contribution in [1.29, 1.82) is 0 Å². The molecule has 0 aromatic heterocycles. The van der Waals surface area contributed by atoms with Gasteiger partial charge < -0.3 is 15.0 Å². The maximum Gasteiger partial charge on any atom is 0.257 e. The van der Waals surface area contributed by atoms with Gasteiger partial charge in [0.2, 0.25) is 0 Å². The number of nitrogens with one attached hydrogen (secondary N) is 1. The van der Waals surface area contributed by atoms with E-state index in [9.17, 15) is 4.79 Å². The highest BCUT2D eigenvalue weighted by Gasteiger charge is 2.05. The molecule has 1 N–H and O–H groups in total. The lowest BCUT2D eigenvalue weighted by Crippen LogP contribution is -2.34. The summed E-state index contributed by atoms with van der Waals surface area (Å²) in [7, 11) is 3.94. The van der Waals surface area contributed by atoms with E-state index in [0.717, 1.165) is 23.1 Å². The van der Waals surface area contributed by atoms with Gasteiger partial charge in [-0.15, -0.1) is 0 Å². The molecule has 0 unspecified atom stereocenters. The second-order valence-corrected chi connectivity index (χ2v) is 4.92. The molecular weight excluding hydrogens is 252 g/mol. The zero-order chi connectivity index (χ0) is 14.4. The van der Waals surface area contributed by atoms with Gasteiger partial charge in [-0.05, 0) is 25.5 Å². The fourth-order valence-corrected chi connectivity index (χ4v) is 1.93. The Morgan fingerprint density at radius 3 is 2.70 bits per heavy atom. The third-order valence-corrected chi connectivity index (χ3v) is 2.99. The third kappa shape index (κ3) is 3.96. The Bertz CT molecular complexity index is 576. The number of rotatable bonds is 6. The predicted molar refractivity (Wildman–Crippen MR) is 81.0 cm³/mol. The Hall–Kier alpha value is -2.07. The molecule has 0 radical (unpaired) electrons. The van der Waals surface area contributed by atoms with Gasteiger partial charge in [-0.3, -0.25) is 4.79 Å². The van der Waals surface area contributed by atoms with Crippen LogP contribution >= 0.6 is 0 Å². The normalized spacial score (nSPS) is 10.8. The van der Waals surface area contributed by atoms with Crippen LogP contribution in [0.25, 0.3) is 10.8 Å². The maximum atomic E-state index is 11.7. The molecule has 0 aliphatic carbocycles. The van der Waals surface area contributed by atoms with Crippen LogP contribution in [-0.2, 0) is 4.79 Å².